The molecule has 4 amide bonds. The molecular formula is C25H17BrClIN2O5. The standard InChI is InChI=1S/C25H17BrClIN2O5/c1-34-21-12-15(11-20(28)22(21)35-13-14-2-6-17(27)7-3-14)10-19-23(31)29-25(33)30(24(19)32)18-8-4-16(26)5-9-18/h2-12H,13H2,1H3,(H,29,31,33). The van der Waals surface area contributed by atoms with Gasteiger partial charge in [-0.1, -0.05) is 39.7 Å². The van der Waals surface area contributed by atoms with E-state index in [1.807, 2.05) is 12.1 Å². The van der Waals surface area contributed by atoms with Crippen LogP contribution in [0.25, 0.3) is 6.08 Å². The molecule has 3 aromatic rings. The Balaban J connectivity index is 1.63. The fourth-order valence-electron chi connectivity index (χ4n) is 3.35. The Morgan fingerprint density at radius 1 is 1.06 bits per heavy atom. The molecule has 7 nitrogen and oxygen atoms in total. The van der Waals surface area contributed by atoms with E-state index < -0.39 is 17.8 Å². The van der Waals surface area contributed by atoms with E-state index >= 15 is 0 Å². The molecule has 0 saturated carbocycles. The van der Waals surface area contributed by atoms with Crippen molar-refractivity contribution in [1.82, 2.24) is 5.32 Å². The molecule has 4 rings (SSSR count). The number of urea groups is 1. The number of carbonyl (C=O) groups excluding carboxylic acids is 3. The van der Waals surface area contributed by atoms with E-state index in [2.05, 4.69) is 43.8 Å². The van der Waals surface area contributed by atoms with Crippen molar-refractivity contribution in [2.75, 3.05) is 12.0 Å². The molecule has 1 fully saturated rings. The van der Waals surface area contributed by atoms with E-state index in [9.17, 15) is 14.4 Å². The van der Waals surface area contributed by atoms with Gasteiger partial charge in [0, 0.05) is 9.50 Å². The average Bonchev–Trinajstić information content (AvgIpc) is 2.83. The van der Waals surface area contributed by atoms with Crippen molar-refractivity contribution in [3.8, 4) is 11.5 Å². The van der Waals surface area contributed by atoms with Gasteiger partial charge in [0.05, 0.1) is 16.4 Å². The van der Waals surface area contributed by atoms with Gasteiger partial charge in [0.1, 0.15) is 12.2 Å². The number of nitrogens with zero attached hydrogens (tertiary/aromatic N) is 1. The van der Waals surface area contributed by atoms with Crippen molar-refractivity contribution in [3.63, 3.8) is 0 Å². The van der Waals surface area contributed by atoms with Gasteiger partial charge in [-0.2, -0.15) is 0 Å². The zero-order chi connectivity index (χ0) is 25.1. The maximum absolute atomic E-state index is 13.1. The Morgan fingerprint density at radius 3 is 2.40 bits per heavy atom. The van der Waals surface area contributed by atoms with Gasteiger partial charge in [0.15, 0.2) is 11.5 Å². The number of benzene rings is 3. The zero-order valence-corrected chi connectivity index (χ0v) is 22.7. The highest BCUT2D eigenvalue weighted by atomic mass is 127. The number of halogens is 3. The first-order valence-corrected chi connectivity index (χ1v) is 12.4. The minimum absolute atomic E-state index is 0.180. The summed E-state index contributed by atoms with van der Waals surface area (Å²) in [5.74, 6) is -0.540. The number of anilines is 1. The smallest absolute Gasteiger partial charge is 0.335 e. The van der Waals surface area contributed by atoms with Crippen LogP contribution in [0.3, 0.4) is 0 Å². The Kier molecular flexibility index (Phi) is 7.78. The highest BCUT2D eigenvalue weighted by Gasteiger charge is 2.36. The second-order valence-electron chi connectivity index (χ2n) is 7.38. The van der Waals surface area contributed by atoms with Crippen molar-refractivity contribution in [1.29, 1.82) is 0 Å². The van der Waals surface area contributed by atoms with E-state index in [1.54, 1.807) is 48.5 Å². The van der Waals surface area contributed by atoms with Gasteiger partial charge in [-0.05, 0) is 88.3 Å². The number of ether oxygens (including phenoxy) is 2. The number of rotatable bonds is 6. The highest BCUT2D eigenvalue weighted by molar-refractivity contribution is 14.1. The molecule has 0 unspecified atom stereocenters. The van der Waals surface area contributed by atoms with E-state index in [1.165, 1.54) is 13.2 Å². The van der Waals surface area contributed by atoms with Crippen molar-refractivity contribution in [2.45, 2.75) is 6.61 Å². The molecule has 0 radical (unpaired) electrons. The summed E-state index contributed by atoms with van der Waals surface area (Å²) in [7, 11) is 1.50. The first-order valence-electron chi connectivity index (χ1n) is 10.2. The Labute approximate surface area is 228 Å². The number of hydrogen-bond acceptors (Lipinski definition) is 5. The molecule has 0 bridgehead atoms. The Bertz CT molecular complexity index is 1340. The van der Waals surface area contributed by atoms with E-state index in [4.69, 9.17) is 21.1 Å². The van der Waals surface area contributed by atoms with Gasteiger partial charge in [-0.3, -0.25) is 14.9 Å². The highest BCUT2D eigenvalue weighted by Crippen LogP contribution is 2.35. The van der Waals surface area contributed by atoms with Crippen LogP contribution in [0.15, 0.2) is 70.7 Å². The lowest BCUT2D eigenvalue weighted by Crippen LogP contribution is -2.54. The maximum atomic E-state index is 13.1. The monoisotopic (exact) mass is 666 g/mol. The molecule has 10 heteroatoms. The molecule has 1 heterocycles. The zero-order valence-electron chi connectivity index (χ0n) is 18.2. The molecule has 1 aliphatic heterocycles. The van der Waals surface area contributed by atoms with Gasteiger partial charge in [-0.25, -0.2) is 9.69 Å². The van der Waals surface area contributed by atoms with Crippen molar-refractivity contribution in [2.24, 2.45) is 0 Å². The molecule has 0 aromatic heterocycles. The number of methoxy groups -OCH3 is 1. The number of nitrogens with one attached hydrogen (secondary N) is 1. The number of hydrogen-bond donors (Lipinski definition) is 1. The van der Waals surface area contributed by atoms with Crippen LogP contribution in [0.5, 0.6) is 11.5 Å². The lowest BCUT2D eigenvalue weighted by atomic mass is 10.1. The van der Waals surface area contributed by atoms with E-state index in [-0.39, 0.29) is 5.57 Å². The quantitative estimate of drug-likeness (QED) is 0.199. The molecule has 0 spiro atoms. The van der Waals surface area contributed by atoms with Crippen LogP contribution in [-0.4, -0.2) is 25.0 Å². The fourth-order valence-corrected chi connectivity index (χ4v) is 4.52. The Hall–Kier alpha value is -2.89. The van der Waals surface area contributed by atoms with Gasteiger partial charge < -0.3 is 9.47 Å². The van der Waals surface area contributed by atoms with Crippen LogP contribution in [0, 0.1) is 3.57 Å². The molecule has 35 heavy (non-hydrogen) atoms. The average molecular weight is 668 g/mol. The largest absolute Gasteiger partial charge is 0.493 e. The summed E-state index contributed by atoms with van der Waals surface area (Å²) in [5, 5.41) is 2.86. The molecular weight excluding hydrogens is 651 g/mol. The molecule has 1 saturated heterocycles. The topological polar surface area (TPSA) is 84.9 Å². The van der Waals surface area contributed by atoms with Gasteiger partial charge in [0.2, 0.25) is 0 Å². The van der Waals surface area contributed by atoms with Gasteiger partial charge in [0.25, 0.3) is 11.8 Å². The number of barbiturate groups is 1. The van der Waals surface area contributed by atoms with Crippen LogP contribution in [0.2, 0.25) is 5.02 Å². The molecule has 1 aliphatic rings. The van der Waals surface area contributed by atoms with Crippen LogP contribution < -0.4 is 19.7 Å². The summed E-state index contributed by atoms with van der Waals surface area (Å²) < 4.78 is 13.0. The minimum Gasteiger partial charge on any atom is -0.493 e. The van der Waals surface area contributed by atoms with Crippen LogP contribution in [-0.2, 0) is 16.2 Å². The summed E-state index contributed by atoms with van der Waals surface area (Å²) >= 11 is 11.4. The van der Waals surface area contributed by atoms with Gasteiger partial charge >= 0.3 is 6.03 Å². The number of carbonyl (C=O) groups is 3. The van der Waals surface area contributed by atoms with Gasteiger partial charge in [-0.15, -0.1) is 0 Å². The third-order valence-corrected chi connectivity index (χ3v) is 6.63. The van der Waals surface area contributed by atoms with Crippen LogP contribution >= 0.6 is 50.1 Å². The maximum Gasteiger partial charge on any atom is 0.335 e. The molecule has 0 atom stereocenters. The molecule has 3 aromatic carbocycles. The van der Waals surface area contributed by atoms with Crippen LogP contribution in [0.1, 0.15) is 11.1 Å². The second-order valence-corrected chi connectivity index (χ2v) is 9.90. The van der Waals surface area contributed by atoms with Crippen molar-refractivity contribution in [3.05, 3.63) is 90.4 Å². The minimum atomic E-state index is -0.808. The third-order valence-electron chi connectivity index (χ3n) is 5.05. The summed E-state index contributed by atoms with van der Waals surface area (Å²) in [4.78, 5) is 39.0. The van der Waals surface area contributed by atoms with Crippen LogP contribution in [0.4, 0.5) is 10.5 Å². The van der Waals surface area contributed by atoms with Crippen molar-refractivity contribution < 1.29 is 23.9 Å². The lowest BCUT2D eigenvalue weighted by Gasteiger charge is -2.26. The lowest BCUT2D eigenvalue weighted by molar-refractivity contribution is -0.122. The second kappa shape index (κ2) is 10.8. The molecule has 0 aliphatic carbocycles. The first-order chi connectivity index (χ1) is 16.8. The predicted octanol–water partition coefficient (Wildman–Crippen LogP) is 5.96. The number of amides is 4. The summed E-state index contributed by atoms with van der Waals surface area (Å²) in [6.07, 6.45) is 1.42. The number of imide groups is 2. The Morgan fingerprint density at radius 2 is 1.74 bits per heavy atom. The predicted molar refractivity (Wildman–Crippen MR) is 145 cm³/mol. The van der Waals surface area contributed by atoms with Crippen molar-refractivity contribution >= 4 is 79.7 Å². The van der Waals surface area contributed by atoms with E-state index in [0.29, 0.717) is 37.9 Å². The summed E-state index contributed by atoms with van der Waals surface area (Å²) in [6.45, 7) is 0.301. The summed E-state index contributed by atoms with van der Waals surface area (Å²) in [6, 6.07) is 16.5. The third kappa shape index (κ3) is 5.68. The van der Waals surface area contributed by atoms with E-state index in [0.717, 1.165) is 14.9 Å². The molecule has 1 N–H and O–H groups in total. The normalized spacial score (nSPS) is 14.8. The SMILES string of the molecule is COc1cc(C=C2C(=O)NC(=O)N(c3ccc(Br)cc3)C2=O)cc(I)c1OCc1ccc(Cl)cc1. The first kappa shape index (κ1) is 25.2. The summed E-state index contributed by atoms with van der Waals surface area (Å²) in [5.41, 5.74) is 1.63. The molecule has 178 valence electrons. The fraction of sp³-hybridized carbons (Fsp3) is 0.0800.